The second-order valence-electron chi connectivity index (χ2n) is 6.00. The van der Waals surface area contributed by atoms with Crippen LogP contribution >= 0.6 is 0 Å². The average molecular weight is 256 g/mol. The minimum atomic E-state index is 0.481. The van der Waals surface area contributed by atoms with Crippen LogP contribution in [-0.2, 0) is 4.74 Å². The molecule has 1 aliphatic carbocycles. The van der Waals surface area contributed by atoms with Crippen LogP contribution in [0.4, 0.5) is 0 Å². The van der Waals surface area contributed by atoms with Crippen molar-refractivity contribution in [2.75, 3.05) is 27.3 Å². The number of likely N-dealkylation sites (N-methyl/N-ethyl adjacent to an activating group) is 1. The molecule has 0 aromatic rings. The minimum absolute atomic E-state index is 0.481. The van der Waals surface area contributed by atoms with E-state index in [1.54, 1.807) is 7.11 Å². The summed E-state index contributed by atoms with van der Waals surface area (Å²) in [4.78, 5) is 2.50. The van der Waals surface area contributed by atoms with E-state index in [0.29, 0.717) is 18.0 Å². The molecule has 0 aliphatic heterocycles. The zero-order valence-corrected chi connectivity index (χ0v) is 12.7. The standard InChI is InChI=1S/C15H32N2O/c1-5-6-13-7-8-14(10-16)15(9-13)17(3)12(2)11-18-4/h12-15H,5-11,16H2,1-4H3. The molecule has 0 spiro atoms. The largest absolute Gasteiger partial charge is 0.383 e. The van der Waals surface area contributed by atoms with Gasteiger partial charge in [0.15, 0.2) is 0 Å². The zero-order chi connectivity index (χ0) is 13.5. The smallest absolute Gasteiger partial charge is 0.0615 e. The average Bonchev–Trinajstić information content (AvgIpc) is 2.38. The molecule has 1 rings (SSSR count). The molecule has 3 nitrogen and oxygen atoms in total. The van der Waals surface area contributed by atoms with E-state index in [-0.39, 0.29) is 0 Å². The van der Waals surface area contributed by atoms with Crippen LogP contribution in [0.2, 0.25) is 0 Å². The lowest BCUT2D eigenvalue weighted by Crippen LogP contribution is -2.49. The number of nitrogens with zero attached hydrogens (tertiary/aromatic N) is 1. The molecule has 3 heteroatoms. The van der Waals surface area contributed by atoms with Crippen LogP contribution in [0.25, 0.3) is 0 Å². The molecule has 18 heavy (non-hydrogen) atoms. The third-order valence-corrected chi connectivity index (χ3v) is 4.69. The molecule has 0 amide bonds. The first-order valence-corrected chi connectivity index (χ1v) is 7.54. The Bertz CT molecular complexity index is 219. The highest BCUT2D eigenvalue weighted by Gasteiger charge is 2.33. The summed E-state index contributed by atoms with van der Waals surface area (Å²) < 4.78 is 5.29. The van der Waals surface area contributed by atoms with Crippen molar-refractivity contribution in [1.82, 2.24) is 4.90 Å². The molecule has 1 fully saturated rings. The Hall–Kier alpha value is -0.120. The maximum absolute atomic E-state index is 5.97. The molecule has 0 radical (unpaired) electrons. The number of nitrogens with two attached hydrogens (primary N) is 1. The summed E-state index contributed by atoms with van der Waals surface area (Å²) in [5.41, 5.74) is 5.97. The number of hydrogen-bond donors (Lipinski definition) is 1. The van der Waals surface area contributed by atoms with E-state index in [0.717, 1.165) is 19.1 Å². The molecule has 4 unspecified atom stereocenters. The van der Waals surface area contributed by atoms with Crippen LogP contribution in [-0.4, -0.2) is 44.3 Å². The second-order valence-corrected chi connectivity index (χ2v) is 6.00. The first-order valence-electron chi connectivity index (χ1n) is 7.54. The second kappa shape index (κ2) is 8.13. The van der Waals surface area contributed by atoms with Gasteiger partial charge in [0.1, 0.15) is 0 Å². The highest BCUT2D eigenvalue weighted by Crippen LogP contribution is 2.34. The lowest BCUT2D eigenvalue weighted by molar-refractivity contribution is 0.0374. The molecule has 108 valence electrons. The molecule has 1 aliphatic rings. The molecule has 0 aromatic heterocycles. The van der Waals surface area contributed by atoms with Gasteiger partial charge in [-0.2, -0.15) is 0 Å². The normalized spacial score (nSPS) is 30.7. The lowest BCUT2D eigenvalue weighted by Gasteiger charge is -2.43. The van der Waals surface area contributed by atoms with E-state index in [4.69, 9.17) is 10.5 Å². The van der Waals surface area contributed by atoms with E-state index in [1.165, 1.54) is 32.1 Å². The first-order chi connectivity index (χ1) is 8.63. The third kappa shape index (κ3) is 4.22. The van der Waals surface area contributed by atoms with Crippen molar-refractivity contribution >= 4 is 0 Å². The molecule has 4 atom stereocenters. The molecular formula is C15H32N2O. The van der Waals surface area contributed by atoms with Crippen LogP contribution in [0.3, 0.4) is 0 Å². The Morgan fingerprint density at radius 2 is 2.11 bits per heavy atom. The Labute approximate surface area is 113 Å². The van der Waals surface area contributed by atoms with Gasteiger partial charge in [-0.25, -0.2) is 0 Å². The fourth-order valence-corrected chi connectivity index (χ4v) is 3.42. The van der Waals surface area contributed by atoms with Crippen molar-refractivity contribution < 1.29 is 4.74 Å². The van der Waals surface area contributed by atoms with Crippen molar-refractivity contribution in [3.05, 3.63) is 0 Å². The fraction of sp³-hybridized carbons (Fsp3) is 1.00. The molecule has 2 N–H and O–H groups in total. The van der Waals surface area contributed by atoms with Crippen LogP contribution < -0.4 is 5.73 Å². The van der Waals surface area contributed by atoms with E-state index in [1.807, 2.05) is 0 Å². The highest BCUT2D eigenvalue weighted by molar-refractivity contribution is 4.88. The van der Waals surface area contributed by atoms with Gasteiger partial charge in [0, 0.05) is 19.2 Å². The molecule has 0 aromatic carbocycles. The lowest BCUT2D eigenvalue weighted by atomic mass is 9.76. The van der Waals surface area contributed by atoms with Gasteiger partial charge in [0.05, 0.1) is 6.61 Å². The van der Waals surface area contributed by atoms with Crippen LogP contribution in [0, 0.1) is 11.8 Å². The molecule has 1 saturated carbocycles. The predicted octanol–water partition coefficient (Wildman–Crippen LogP) is 2.50. The van der Waals surface area contributed by atoms with Gasteiger partial charge in [0.25, 0.3) is 0 Å². The minimum Gasteiger partial charge on any atom is -0.383 e. The number of methoxy groups -OCH3 is 1. The summed E-state index contributed by atoms with van der Waals surface area (Å²) in [6, 6.07) is 1.12. The third-order valence-electron chi connectivity index (χ3n) is 4.69. The van der Waals surface area contributed by atoms with Crippen LogP contribution in [0.5, 0.6) is 0 Å². The fourth-order valence-electron chi connectivity index (χ4n) is 3.42. The van der Waals surface area contributed by atoms with Gasteiger partial charge in [-0.3, -0.25) is 4.90 Å². The molecular weight excluding hydrogens is 224 g/mol. The van der Waals surface area contributed by atoms with Gasteiger partial charge in [-0.1, -0.05) is 26.2 Å². The summed E-state index contributed by atoms with van der Waals surface area (Å²) in [6.45, 7) is 6.18. The SMILES string of the molecule is CCCC1CCC(CN)C(N(C)C(C)COC)C1. The number of ether oxygens (including phenoxy) is 1. The zero-order valence-electron chi connectivity index (χ0n) is 12.7. The summed E-state index contributed by atoms with van der Waals surface area (Å²) in [5, 5.41) is 0. The van der Waals surface area contributed by atoms with Crippen molar-refractivity contribution in [1.29, 1.82) is 0 Å². The van der Waals surface area contributed by atoms with Crippen molar-refractivity contribution in [2.45, 2.75) is 58.0 Å². The molecule has 0 bridgehead atoms. The Morgan fingerprint density at radius 1 is 1.39 bits per heavy atom. The number of hydrogen-bond acceptors (Lipinski definition) is 3. The topological polar surface area (TPSA) is 38.5 Å². The summed E-state index contributed by atoms with van der Waals surface area (Å²) in [5.74, 6) is 1.57. The van der Waals surface area contributed by atoms with Gasteiger partial charge >= 0.3 is 0 Å². The quantitative estimate of drug-likeness (QED) is 0.760. The van der Waals surface area contributed by atoms with Gasteiger partial charge in [-0.15, -0.1) is 0 Å². The van der Waals surface area contributed by atoms with E-state index >= 15 is 0 Å². The Morgan fingerprint density at radius 3 is 2.67 bits per heavy atom. The van der Waals surface area contributed by atoms with E-state index < -0.39 is 0 Å². The van der Waals surface area contributed by atoms with Crippen molar-refractivity contribution in [3.8, 4) is 0 Å². The van der Waals surface area contributed by atoms with Crippen LogP contribution in [0.1, 0.15) is 46.0 Å². The van der Waals surface area contributed by atoms with E-state index in [9.17, 15) is 0 Å². The number of rotatable bonds is 7. The predicted molar refractivity (Wildman–Crippen MR) is 77.7 cm³/mol. The van der Waals surface area contributed by atoms with E-state index in [2.05, 4.69) is 25.8 Å². The monoisotopic (exact) mass is 256 g/mol. The molecule has 0 heterocycles. The van der Waals surface area contributed by atoms with Gasteiger partial charge in [0.2, 0.25) is 0 Å². The van der Waals surface area contributed by atoms with Gasteiger partial charge < -0.3 is 10.5 Å². The summed E-state index contributed by atoms with van der Waals surface area (Å²) in [7, 11) is 4.02. The summed E-state index contributed by atoms with van der Waals surface area (Å²) in [6.07, 6.45) is 6.68. The Kier molecular flexibility index (Phi) is 7.20. The molecule has 0 saturated heterocycles. The Balaban J connectivity index is 2.61. The first kappa shape index (κ1) is 15.9. The van der Waals surface area contributed by atoms with Crippen molar-refractivity contribution in [2.24, 2.45) is 17.6 Å². The van der Waals surface area contributed by atoms with Gasteiger partial charge in [-0.05, 0) is 45.2 Å². The maximum atomic E-state index is 5.97. The highest BCUT2D eigenvalue weighted by atomic mass is 16.5. The summed E-state index contributed by atoms with van der Waals surface area (Å²) >= 11 is 0. The van der Waals surface area contributed by atoms with Crippen molar-refractivity contribution in [3.63, 3.8) is 0 Å². The van der Waals surface area contributed by atoms with Crippen LogP contribution in [0.15, 0.2) is 0 Å². The maximum Gasteiger partial charge on any atom is 0.0615 e.